The molecule has 0 saturated carbocycles. The maximum atomic E-state index is 12.8. The van der Waals surface area contributed by atoms with E-state index in [2.05, 4.69) is 114 Å². The Labute approximate surface area is 410 Å². The van der Waals surface area contributed by atoms with Gasteiger partial charge < -0.3 is 25.4 Å². The van der Waals surface area contributed by atoms with Gasteiger partial charge >= 0.3 is 0 Å². The third kappa shape index (κ3) is 16.0. The lowest BCUT2D eigenvalue weighted by Gasteiger charge is -2.21. The third-order valence-corrected chi connectivity index (χ3v) is 18.8. The maximum absolute atomic E-state index is 12.8. The highest BCUT2D eigenvalue weighted by Gasteiger charge is 2.45. The van der Waals surface area contributed by atoms with Gasteiger partial charge in [0, 0.05) is 29.7 Å². The Kier molecular flexibility index (Phi) is 21.8. The standard InChI is InChI=1S/C18H25N3O4S.C18H27NO4S.C18H15P/c1-3-7-17-16(12-26(23,24)15-8-5-4-6-9-15)13(2)18(25-17)10-14(22)11-20-21-19;1-3-7-17-16(13(2)18(23-17)10-14(20)11-19)12-24(21,22)15-8-5-4-6-9-15;1-4-10-16(11-5-1)19(17-12-6-2-7-13-17)18-14-8-3-9-15-18/h3-6,8-9,13-14,16-18,22H,1,7,10-12H2,2H3;3-6,8-9,13-14,16-18,20H,1,7,10-12,19H2,2H3;1-15H/t2*13-,14+,16-,17+,18-;/m11./s1. The van der Waals surface area contributed by atoms with E-state index < -0.39 is 39.8 Å². The first-order valence-corrected chi connectivity index (χ1v) is 28.0. The molecular formula is C54H67N4O8PS2. The molecule has 0 unspecified atom stereocenters. The predicted molar refractivity (Wildman–Crippen MR) is 279 cm³/mol. The van der Waals surface area contributed by atoms with E-state index in [1.807, 2.05) is 13.8 Å². The number of sulfone groups is 2. The fraction of sp³-hybridized carbons (Fsp3) is 0.370. The molecule has 0 aromatic heterocycles. The topological polar surface area (TPSA) is 202 Å². The van der Waals surface area contributed by atoms with Crippen LogP contribution in [0.15, 0.2) is 192 Å². The molecule has 0 aliphatic carbocycles. The summed E-state index contributed by atoms with van der Waals surface area (Å²) in [6.07, 6.45) is 2.94. The van der Waals surface area contributed by atoms with Crippen molar-refractivity contribution < 1.29 is 36.5 Å². The molecule has 5 aromatic carbocycles. The number of azide groups is 1. The lowest BCUT2D eigenvalue weighted by Crippen LogP contribution is -2.30. The van der Waals surface area contributed by atoms with Crippen molar-refractivity contribution in [2.45, 2.75) is 85.9 Å². The van der Waals surface area contributed by atoms with Crippen molar-refractivity contribution in [3.8, 4) is 0 Å². The molecule has 15 heteroatoms. The zero-order valence-electron chi connectivity index (χ0n) is 39.5. The van der Waals surface area contributed by atoms with E-state index in [1.54, 1.807) is 72.8 Å². The highest BCUT2D eigenvalue weighted by Crippen LogP contribution is 2.40. The molecule has 2 aliphatic rings. The number of benzene rings is 5. The molecule has 2 heterocycles. The summed E-state index contributed by atoms with van der Waals surface area (Å²) in [5.74, 6) is -0.349. The zero-order chi connectivity index (χ0) is 49.8. The normalized spacial score (nSPS) is 23.0. The lowest BCUT2D eigenvalue weighted by atomic mass is 9.87. The number of hydrogen-bond acceptors (Lipinski definition) is 10. The molecule has 7 rings (SSSR count). The summed E-state index contributed by atoms with van der Waals surface area (Å²) in [6, 6.07) is 49.2. The first-order chi connectivity index (χ1) is 33.2. The van der Waals surface area contributed by atoms with Crippen LogP contribution in [0.3, 0.4) is 0 Å². The molecule has 368 valence electrons. The zero-order valence-corrected chi connectivity index (χ0v) is 42.0. The van der Waals surface area contributed by atoms with E-state index in [0.29, 0.717) is 35.5 Å². The van der Waals surface area contributed by atoms with Crippen molar-refractivity contribution in [1.82, 2.24) is 0 Å². The number of nitrogens with zero attached hydrogens (tertiary/aromatic N) is 3. The van der Waals surface area contributed by atoms with Gasteiger partial charge in [-0.25, -0.2) is 16.8 Å². The van der Waals surface area contributed by atoms with Crippen LogP contribution in [0.1, 0.15) is 39.5 Å². The highest BCUT2D eigenvalue weighted by atomic mass is 32.2. The van der Waals surface area contributed by atoms with Gasteiger partial charge in [-0.2, -0.15) is 0 Å². The molecule has 2 fully saturated rings. The minimum absolute atomic E-state index is 0.0143. The second-order valence-corrected chi connectivity index (χ2v) is 23.8. The van der Waals surface area contributed by atoms with Gasteiger partial charge in [-0.3, -0.25) is 0 Å². The van der Waals surface area contributed by atoms with Crippen LogP contribution in [0.2, 0.25) is 0 Å². The third-order valence-electron chi connectivity index (χ3n) is 12.7. The van der Waals surface area contributed by atoms with Crippen LogP contribution in [0, 0.1) is 23.7 Å². The summed E-state index contributed by atoms with van der Waals surface area (Å²) in [5.41, 5.74) is 13.8. The van der Waals surface area contributed by atoms with Crippen LogP contribution in [0.25, 0.3) is 10.4 Å². The highest BCUT2D eigenvalue weighted by molar-refractivity contribution is 7.91. The Bertz CT molecular complexity index is 2480. The molecule has 2 saturated heterocycles. The molecule has 0 amide bonds. The molecule has 10 atom stereocenters. The van der Waals surface area contributed by atoms with Crippen molar-refractivity contribution in [3.05, 3.63) is 187 Å². The average molecular weight is 995 g/mol. The van der Waals surface area contributed by atoms with Crippen molar-refractivity contribution in [3.63, 3.8) is 0 Å². The van der Waals surface area contributed by atoms with Crippen molar-refractivity contribution in [2.75, 3.05) is 24.6 Å². The van der Waals surface area contributed by atoms with E-state index in [9.17, 15) is 27.0 Å². The second kappa shape index (κ2) is 27.4. The maximum Gasteiger partial charge on any atom is 0.178 e. The fourth-order valence-corrected chi connectivity index (χ4v) is 14.8. The van der Waals surface area contributed by atoms with Gasteiger partial charge in [-0.15, -0.1) is 13.2 Å². The Morgan fingerprint density at radius 2 is 0.942 bits per heavy atom. The summed E-state index contributed by atoms with van der Waals surface area (Å²) >= 11 is 0. The number of aliphatic hydroxyl groups excluding tert-OH is 2. The van der Waals surface area contributed by atoms with Crippen molar-refractivity contribution in [1.29, 1.82) is 0 Å². The van der Waals surface area contributed by atoms with Gasteiger partial charge in [-0.05, 0) is 84.7 Å². The average Bonchev–Trinajstić information content (AvgIpc) is 3.80. The molecular weight excluding hydrogens is 928 g/mol. The van der Waals surface area contributed by atoms with Crippen LogP contribution in [0.4, 0.5) is 0 Å². The predicted octanol–water partition coefficient (Wildman–Crippen LogP) is 8.33. The van der Waals surface area contributed by atoms with Gasteiger partial charge in [0.1, 0.15) is 0 Å². The summed E-state index contributed by atoms with van der Waals surface area (Å²) < 4.78 is 63.0. The van der Waals surface area contributed by atoms with Crippen molar-refractivity contribution in [2.24, 2.45) is 34.5 Å². The fourth-order valence-electron chi connectivity index (χ4n) is 8.95. The van der Waals surface area contributed by atoms with Crippen LogP contribution < -0.4 is 21.6 Å². The molecule has 4 N–H and O–H groups in total. The van der Waals surface area contributed by atoms with E-state index in [-0.39, 0.29) is 72.7 Å². The summed E-state index contributed by atoms with van der Waals surface area (Å²) in [4.78, 5) is 3.28. The second-order valence-electron chi connectivity index (χ2n) is 17.5. The molecule has 12 nitrogen and oxygen atoms in total. The number of nitrogens with two attached hydrogens (primary N) is 1. The Morgan fingerprint density at radius 1 is 0.609 bits per heavy atom. The first kappa shape index (κ1) is 55.0. The Hall–Kier alpha value is -4.98. The Morgan fingerprint density at radius 3 is 1.26 bits per heavy atom. The summed E-state index contributed by atoms with van der Waals surface area (Å²) in [5, 5.41) is 27.4. The van der Waals surface area contributed by atoms with Crippen LogP contribution in [-0.4, -0.2) is 88.3 Å². The molecule has 5 aromatic rings. The molecule has 0 radical (unpaired) electrons. The molecule has 69 heavy (non-hydrogen) atoms. The molecule has 2 aliphatic heterocycles. The van der Waals surface area contributed by atoms with Gasteiger partial charge in [0.25, 0.3) is 0 Å². The van der Waals surface area contributed by atoms with Gasteiger partial charge in [0.2, 0.25) is 0 Å². The van der Waals surface area contributed by atoms with Crippen molar-refractivity contribution >= 4 is 43.5 Å². The van der Waals surface area contributed by atoms with Crippen LogP contribution in [-0.2, 0) is 29.1 Å². The largest absolute Gasteiger partial charge is 0.393 e. The number of hydrogen-bond donors (Lipinski definition) is 3. The number of ether oxygens (including phenoxy) is 2. The minimum atomic E-state index is -3.44. The van der Waals surface area contributed by atoms with Crippen LogP contribution >= 0.6 is 7.92 Å². The summed E-state index contributed by atoms with van der Waals surface area (Å²) in [6.45, 7) is 11.6. The number of aliphatic hydroxyl groups is 2. The SMILES string of the molecule is C=CC[C@@H]1O[C@H](C[C@H](O)CN)[C@H](C)[C@H]1CS(=O)(=O)c1ccccc1.C=CC[C@@H]1O[C@H](C[C@H](O)CN=[N+]=[N-])[C@H](C)[C@H]1CS(=O)(=O)c1ccccc1.c1ccc(P(c2ccccc2)c2ccccc2)cc1. The van der Waals surface area contributed by atoms with E-state index >= 15 is 0 Å². The van der Waals surface area contributed by atoms with Gasteiger partial charge in [-0.1, -0.05) is 159 Å². The van der Waals surface area contributed by atoms with Gasteiger partial charge in [0.15, 0.2) is 19.7 Å². The Balaban J connectivity index is 0.000000195. The molecule has 0 bridgehead atoms. The van der Waals surface area contributed by atoms with Gasteiger partial charge in [0.05, 0.1) is 64.5 Å². The minimum Gasteiger partial charge on any atom is -0.393 e. The quantitative estimate of drug-likeness (QED) is 0.0225. The first-order valence-electron chi connectivity index (χ1n) is 23.3. The van der Waals surface area contributed by atoms with E-state index in [1.165, 1.54) is 15.9 Å². The number of rotatable bonds is 20. The van der Waals surface area contributed by atoms with E-state index in [4.69, 9.17) is 20.7 Å². The smallest absolute Gasteiger partial charge is 0.178 e. The van der Waals surface area contributed by atoms with Crippen LogP contribution in [0.5, 0.6) is 0 Å². The van der Waals surface area contributed by atoms with E-state index in [0.717, 1.165) is 0 Å². The molecule has 0 spiro atoms. The lowest BCUT2D eigenvalue weighted by molar-refractivity contribution is 0.00320. The monoisotopic (exact) mass is 994 g/mol. The summed E-state index contributed by atoms with van der Waals surface area (Å²) in [7, 11) is -7.27.